The average Bonchev–Trinajstić information content (AvgIpc) is 3.01. The van der Waals surface area contributed by atoms with Crippen LogP contribution in [-0.2, 0) is 14.8 Å². The number of nitrogens with zero attached hydrogens (tertiary/aromatic N) is 1. The molecule has 0 aromatic heterocycles. The molecule has 4 nitrogen and oxygen atoms in total. The van der Waals surface area contributed by atoms with Gasteiger partial charge in [-0.1, -0.05) is 29.3 Å². The largest absolute Gasteiger partial charge is 0.300 e. The molecule has 4 rings (SSSR count). The fourth-order valence-corrected chi connectivity index (χ4v) is 6.33. The first-order chi connectivity index (χ1) is 12.4. The van der Waals surface area contributed by atoms with E-state index < -0.39 is 10.0 Å². The highest BCUT2D eigenvalue weighted by Crippen LogP contribution is 2.41. The van der Waals surface area contributed by atoms with Gasteiger partial charge in [0.2, 0.25) is 10.0 Å². The van der Waals surface area contributed by atoms with E-state index in [-0.39, 0.29) is 5.92 Å². The Morgan fingerprint density at radius 3 is 2.62 bits per heavy atom. The summed E-state index contributed by atoms with van der Waals surface area (Å²) in [7, 11) is -3.47. The number of carbonyl (C=O) groups is 1. The topological polar surface area (TPSA) is 54.5 Å². The predicted molar refractivity (Wildman–Crippen MR) is 101 cm³/mol. The van der Waals surface area contributed by atoms with Gasteiger partial charge >= 0.3 is 0 Å². The zero-order valence-corrected chi connectivity index (χ0v) is 16.2. The van der Waals surface area contributed by atoms with E-state index in [0.717, 1.165) is 31.2 Å². The van der Waals surface area contributed by atoms with Crippen molar-refractivity contribution in [3.8, 4) is 0 Å². The van der Waals surface area contributed by atoms with Gasteiger partial charge in [0.15, 0.2) is 0 Å². The standard InChI is InChI=1S/C21H27NO3S/c1-15-5-7-21(8-6-15)26(24,25)22-10-9-18-13-20(23)12-17-4-2-3-16(17)11-19(18)14-22/h5-8,11,17-19H,2-4,9-10,12-14H2,1H3/b16-11-/t17-,18-,19+/m0/s1. The van der Waals surface area contributed by atoms with Gasteiger partial charge in [-0.15, -0.1) is 0 Å². The normalized spacial score (nSPS) is 32.1. The Bertz CT molecular complexity index is 825. The fourth-order valence-electron chi connectivity index (χ4n) is 4.84. The Kier molecular flexibility index (Phi) is 4.78. The van der Waals surface area contributed by atoms with Crippen molar-refractivity contribution >= 4 is 15.8 Å². The Labute approximate surface area is 156 Å². The molecule has 26 heavy (non-hydrogen) atoms. The molecule has 0 spiro atoms. The zero-order valence-electron chi connectivity index (χ0n) is 15.4. The molecule has 1 heterocycles. The first-order valence-corrected chi connectivity index (χ1v) is 11.2. The van der Waals surface area contributed by atoms with Gasteiger partial charge in [0.1, 0.15) is 5.78 Å². The molecule has 3 atom stereocenters. The van der Waals surface area contributed by atoms with Crippen LogP contribution >= 0.6 is 0 Å². The summed E-state index contributed by atoms with van der Waals surface area (Å²) in [6, 6.07) is 7.09. The van der Waals surface area contributed by atoms with Crippen molar-refractivity contribution in [2.75, 3.05) is 13.1 Å². The quantitative estimate of drug-likeness (QED) is 0.743. The summed E-state index contributed by atoms with van der Waals surface area (Å²) >= 11 is 0. The van der Waals surface area contributed by atoms with Crippen LogP contribution in [0.25, 0.3) is 0 Å². The van der Waals surface area contributed by atoms with Crippen molar-refractivity contribution in [2.45, 2.75) is 50.3 Å². The Balaban J connectivity index is 1.60. The van der Waals surface area contributed by atoms with Gasteiger partial charge in [-0.3, -0.25) is 4.79 Å². The number of Topliss-reactive ketones (excluding diaryl/α,β-unsaturated/α-hetero) is 1. The summed E-state index contributed by atoms with van der Waals surface area (Å²) in [5.41, 5.74) is 2.46. The lowest BCUT2D eigenvalue weighted by atomic mass is 9.77. The molecule has 1 saturated carbocycles. The average molecular weight is 374 g/mol. The van der Waals surface area contributed by atoms with Crippen LogP contribution in [0.15, 0.2) is 40.8 Å². The van der Waals surface area contributed by atoms with Crippen molar-refractivity contribution in [3.05, 3.63) is 41.5 Å². The number of carbonyl (C=O) groups excluding carboxylic acids is 1. The van der Waals surface area contributed by atoms with Gasteiger partial charge in [-0.05, 0) is 62.5 Å². The summed E-state index contributed by atoms with van der Waals surface area (Å²) < 4.78 is 27.7. The number of sulfonamides is 1. The number of benzene rings is 1. The maximum atomic E-state index is 13.1. The lowest BCUT2D eigenvalue weighted by Crippen LogP contribution is -2.44. The third-order valence-electron chi connectivity index (χ3n) is 6.36. The molecule has 1 aliphatic heterocycles. The molecule has 1 saturated heterocycles. The molecular formula is C21H27NO3S. The third-order valence-corrected chi connectivity index (χ3v) is 8.24. The second-order valence-electron chi connectivity index (χ2n) is 8.17. The Morgan fingerprint density at radius 1 is 1.08 bits per heavy atom. The van der Waals surface area contributed by atoms with Gasteiger partial charge in [0.05, 0.1) is 4.90 Å². The van der Waals surface area contributed by atoms with E-state index in [0.29, 0.717) is 48.4 Å². The van der Waals surface area contributed by atoms with Crippen LogP contribution in [0, 0.1) is 24.7 Å². The molecule has 0 unspecified atom stereocenters. The highest BCUT2D eigenvalue weighted by molar-refractivity contribution is 7.89. The van der Waals surface area contributed by atoms with E-state index in [4.69, 9.17) is 0 Å². The number of hydrogen-bond acceptors (Lipinski definition) is 3. The number of hydrogen-bond donors (Lipinski definition) is 0. The summed E-state index contributed by atoms with van der Waals surface area (Å²) in [6.45, 7) is 2.97. The number of rotatable bonds is 2. The maximum absolute atomic E-state index is 13.1. The van der Waals surface area contributed by atoms with Crippen molar-refractivity contribution in [1.82, 2.24) is 4.31 Å². The zero-order chi connectivity index (χ0) is 18.3. The molecule has 1 aromatic carbocycles. The smallest absolute Gasteiger partial charge is 0.243 e. The predicted octanol–water partition coefficient (Wildman–Crippen LogP) is 3.71. The number of allylic oxidation sites excluding steroid dienone is 1. The lowest BCUT2D eigenvalue weighted by molar-refractivity contribution is -0.121. The molecule has 3 aliphatic rings. The van der Waals surface area contributed by atoms with Gasteiger partial charge in [-0.2, -0.15) is 4.31 Å². The third kappa shape index (κ3) is 3.39. The highest BCUT2D eigenvalue weighted by atomic mass is 32.2. The molecule has 2 fully saturated rings. The van der Waals surface area contributed by atoms with Crippen LogP contribution in [-0.4, -0.2) is 31.6 Å². The monoisotopic (exact) mass is 373 g/mol. The van der Waals surface area contributed by atoms with Gasteiger partial charge in [-0.25, -0.2) is 8.42 Å². The van der Waals surface area contributed by atoms with E-state index in [1.807, 2.05) is 19.1 Å². The maximum Gasteiger partial charge on any atom is 0.243 e. The molecule has 1 aromatic rings. The summed E-state index contributed by atoms with van der Waals surface area (Å²) in [5.74, 6) is 1.24. The van der Waals surface area contributed by atoms with E-state index >= 15 is 0 Å². The van der Waals surface area contributed by atoms with Gasteiger partial charge in [0.25, 0.3) is 0 Å². The first kappa shape index (κ1) is 17.9. The minimum atomic E-state index is -3.47. The highest BCUT2D eigenvalue weighted by Gasteiger charge is 2.38. The van der Waals surface area contributed by atoms with Crippen LogP contribution in [0.4, 0.5) is 0 Å². The van der Waals surface area contributed by atoms with Crippen LogP contribution in [0.2, 0.25) is 0 Å². The Hall–Kier alpha value is -1.46. The summed E-state index contributed by atoms with van der Waals surface area (Å²) in [4.78, 5) is 12.8. The van der Waals surface area contributed by atoms with Crippen LogP contribution in [0.1, 0.15) is 44.1 Å². The van der Waals surface area contributed by atoms with E-state index in [9.17, 15) is 13.2 Å². The number of piperidine rings is 1. The van der Waals surface area contributed by atoms with Crippen LogP contribution in [0.3, 0.4) is 0 Å². The van der Waals surface area contributed by atoms with Crippen LogP contribution < -0.4 is 0 Å². The van der Waals surface area contributed by atoms with Gasteiger partial charge < -0.3 is 0 Å². The molecule has 0 radical (unpaired) electrons. The van der Waals surface area contributed by atoms with E-state index in [1.54, 1.807) is 16.4 Å². The van der Waals surface area contributed by atoms with E-state index in [1.165, 1.54) is 5.57 Å². The molecular weight excluding hydrogens is 346 g/mol. The summed E-state index contributed by atoms with van der Waals surface area (Å²) in [5, 5.41) is 0. The molecule has 5 heteroatoms. The minimum absolute atomic E-state index is 0.170. The molecule has 2 aliphatic carbocycles. The number of ketones is 1. The summed E-state index contributed by atoms with van der Waals surface area (Å²) in [6.07, 6.45) is 7.77. The SMILES string of the molecule is Cc1ccc(S(=O)(=O)N2CC[C@H]3CC(=O)C[C@@H]4CCC/C4=C/[C@@H]3C2)cc1. The van der Waals surface area contributed by atoms with Crippen molar-refractivity contribution in [1.29, 1.82) is 0 Å². The molecule has 0 bridgehead atoms. The fraction of sp³-hybridized carbons (Fsp3) is 0.571. The van der Waals surface area contributed by atoms with Crippen molar-refractivity contribution in [2.24, 2.45) is 17.8 Å². The molecule has 0 amide bonds. The van der Waals surface area contributed by atoms with Crippen molar-refractivity contribution in [3.63, 3.8) is 0 Å². The number of aryl methyl sites for hydroxylation is 1. The molecule has 0 N–H and O–H groups in total. The second-order valence-corrected chi connectivity index (χ2v) is 10.1. The minimum Gasteiger partial charge on any atom is -0.300 e. The van der Waals surface area contributed by atoms with Gasteiger partial charge in [0, 0.05) is 25.9 Å². The Morgan fingerprint density at radius 2 is 1.85 bits per heavy atom. The molecule has 140 valence electrons. The first-order valence-electron chi connectivity index (χ1n) is 9.72. The van der Waals surface area contributed by atoms with Crippen LogP contribution in [0.5, 0.6) is 0 Å². The number of fused-ring (bicyclic) bond motifs is 2. The van der Waals surface area contributed by atoms with E-state index in [2.05, 4.69) is 6.08 Å². The lowest BCUT2D eigenvalue weighted by Gasteiger charge is -2.38. The van der Waals surface area contributed by atoms with Crippen molar-refractivity contribution < 1.29 is 13.2 Å². The second kappa shape index (κ2) is 6.93.